The van der Waals surface area contributed by atoms with Crippen molar-refractivity contribution in [2.45, 2.75) is 12.6 Å². The van der Waals surface area contributed by atoms with Gasteiger partial charge in [-0.05, 0) is 30.3 Å². The van der Waals surface area contributed by atoms with Crippen LogP contribution in [-0.4, -0.2) is 46.7 Å². The van der Waals surface area contributed by atoms with E-state index in [9.17, 15) is 0 Å². The number of pyridine rings is 1. The second-order valence-electron chi connectivity index (χ2n) is 7.36. The monoisotopic (exact) mass is 417 g/mol. The maximum atomic E-state index is 6.06. The van der Waals surface area contributed by atoms with E-state index in [1.165, 1.54) is 0 Å². The fourth-order valence-electron chi connectivity index (χ4n) is 3.74. The molecule has 5 rings (SSSR count). The van der Waals surface area contributed by atoms with E-state index in [0.717, 1.165) is 46.9 Å². The molecule has 1 aliphatic rings. The normalized spacial score (nSPS) is 17.0. The first-order valence-electron chi connectivity index (χ1n) is 10.2. The van der Waals surface area contributed by atoms with Gasteiger partial charge in [0.05, 0.1) is 37.8 Å². The summed E-state index contributed by atoms with van der Waals surface area (Å²) in [6.07, 6.45) is 5.08. The Morgan fingerprint density at radius 3 is 2.84 bits per heavy atom. The van der Waals surface area contributed by atoms with Crippen molar-refractivity contribution < 1.29 is 13.9 Å². The van der Waals surface area contributed by atoms with Crippen molar-refractivity contribution in [2.75, 3.05) is 32.1 Å². The quantitative estimate of drug-likeness (QED) is 0.505. The van der Waals surface area contributed by atoms with Crippen LogP contribution in [0.4, 0.5) is 11.6 Å². The molecule has 3 aromatic heterocycles. The van der Waals surface area contributed by atoms with Gasteiger partial charge in [0.25, 0.3) is 0 Å². The molecule has 4 heterocycles. The van der Waals surface area contributed by atoms with Gasteiger partial charge in [0.15, 0.2) is 11.3 Å². The molecule has 31 heavy (non-hydrogen) atoms. The average molecular weight is 417 g/mol. The van der Waals surface area contributed by atoms with Gasteiger partial charge in [0, 0.05) is 30.9 Å². The molecule has 0 radical (unpaired) electrons. The van der Waals surface area contributed by atoms with Crippen LogP contribution < -0.4 is 10.1 Å². The Morgan fingerprint density at radius 2 is 2.03 bits per heavy atom. The number of benzene rings is 1. The van der Waals surface area contributed by atoms with Crippen LogP contribution in [0.15, 0.2) is 65.5 Å². The molecule has 1 saturated heterocycles. The van der Waals surface area contributed by atoms with Gasteiger partial charge in [0.1, 0.15) is 11.9 Å². The number of nitrogens with zero attached hydrogens (tertiary/aromatic N) is 4. The molecule has 0 aliphatic carbocycles. The first-order valence-corrected chi connectivity index (χ1v) is 10.2. The number of furan rings is 1. The minimum absolute atomic E-state index is 0.0883. The molecule has 158 valence electrons. The number of fused-ring (bicyclic) bond motifs is 1. The lowest BCUT2D eigenvalue weighted by Crippen LogP contribution is -2.38. The molecule has 0 spiro atoms. The first-order chi connectivity index (χ1) is 15.3. The standard InChI is InChI=1S/C23H23N5O3/c1-29-20-5-2-4-16-12-18(31-22(16)20)14-28-10-11-30-21(15-28)19-7-6-17(13-26-19)27-23-24-8-3-9-25-23/h2-9,12-13,21H,10-11,14-15H2,1H3,(H,24,25,27)/t21-/m1/s1. The van der Waals surface area contributed by atoms with Crippen molar-refractivity contribution >= 4 is 22.6 Å². The number of methoxy groups -OCH3 is 1. The third-order valence-electron chi connectivity index (χ3n) is 5.25. The van der Waals surface area contributed by atoms with E-state index in [2.05, 4.69) is 31.2 Å². The highest BCUT2D eigenvalue weighted by atomic mass is 16.5. The van der Waals surface area contributed by atoms with Crippen molar-refractivity contribution in [3.05, 3.63) is 72.5 Å². The van der Waals surface area contributed by atoms with E-state index in [4.69, 9.17) is 13.9 Å². The predicted molar refractivity (Wildman–Crippen MR) is 116 cm³/mol. The molecular formula is C23H23N5O3. The van der Waals surface area contributed by atoms with E-state index in [1.54, 1.807) is 31.8 Å². The van der Waals surface area contributed by atoms with E-state index < -0.39 is 0 Å². The Balaban J connectivity index is 1.25. The van der Waals surface area contributed by atoms with Crippen LogP contribution in [0.25, 0.3) is 11.0 Å². The van der Waals surface area contributed by atoms with Crippen LogP contribution in [0.5, 0.6) is 5.75 Å². The largest absolute Gasteiger partial charge is 0.493 e. The minimum atomic E-state index is -0.0883. The third kappa shape index (κ3) is 4.35. The highest BCUT2D eigenvalue weighted by molar-refractivity contribution is 5.83. The summed E-state index contributed by atoms with van der Waals surface area (Å²) in [7, 11) is 1.66. The predicted octanol–water partition coefficient (Wildman–Crippen LogP) is 3.94. The first kappa shape index (κ1) is 19.5. The van der Waals surface area contributed by atoms with Gasteiger partial charge >= 0.3 is 0 Å². The Morgan fingerprint density at radius 1 is 1.13 bits per heavy atom. The van der Waals surface area contributed by atoms with Crippen LogP contribution in [0.3, 0.4) is 0 Å². The molecule has 1 N–H and O–H groups in total. The van der Waals surface area contributed by atoms with Gasteiger partial charge < -0.3 is 19.2 Å². The van der Waals surface area contributed by atoms with Gasteiger partial charge in [-0.15, -0.1) is 0 Å². The molecule has 8 heteroatoms. The molecule has 0 saturated carbocycles. The molecule has 1 fully saturated rings. The maximum Gasteiger partial charge on any atom is 0.227 e. The zero-order chi connectivity index (χ0) is 21.0. The summed E-state index contributed by atoms with van der Waals surface area (Å²) in [5, 5.41) is 4.19. The van der Waals surface area contributed by atoms with E-state index in [0.29, 0.717) is 19.1 Å². The van der Waals surface area contributed by atoms with Crippen LogP contribution >= 0.6 is 0 Å². The fraction of sp³-hybridized carbons (Fsp3) is 0.261. The van der Waals surface area contributed by atoms with Crippen LogP contribution in [0.1, 0.15) is 17.6 Å². The van der Waals surface area contributed by atoms with E-state index in [1.807, 2.05) is 30.3 Å². The zero-order valence-corrected chi connectivity index (χ0v) is 17.2. The Kier molecular flexibility index (Phi) is 5.47. The summed E-state index contributed by atoms with van der Waals surface area (Å²) in [6.45, 7) is 2.95. The number of hydrogen-bond donors (Lipinski definition) is 1. The summed E-state index contributed by atoms with van der Waals surface area (Å²) < 4.78 is 17.5. The molecule has 0 bridgehead atoms. The minimum Gasteiger partial charge on any atom is -0.493 e. The van der Waals surface area contributed by atoms with Crippen molar-refractivity contribution in [3.8, 4) is 5.75 Å². The molecule has 1 aromatic carbocycles. The number of nitrogens with one attached hydrogen (secondary N) is 1. The van der Waals surface area contributed by atoms with Gasteiger partial charge in [-0.1, -0.05) is 12.1 Å². The number of anilines is 2. The molecule has 4 aromatic rings. The zero-order valence-electron chi connectivity index (χ0n) is 17.2. The average Bonchev–Trinajstić information content (AvgIpc) is 3.23. The molecule has 1 atom stereocenters. The van der Waals surface area contributed by atoms with E-state index >= 15 is 0 Å². The number of para-hydroxylation sites is 1. The molecule has 1 aliphatic heterocycles. The van der Waals surface area contributed by atoms with Crippen LogP contribution in [0, 0.1) is 0 Å². The number of aromatic nitrogens is 3. The van der Waals surface area contributed by atoms with Gasteiger partial charge in [-0.25, -0.2) is 9.97 Å². The third-order valence-corrected chi connectivity index (χ3v) is 5.25. The molecule has 0 unspecified atom stereocenters. The second-order valence-corrected chi connectivity index (χ2v) is 7.36. The van der Waals surface area contributed by atoms with Crippen LogP contribution in [-0.2, 0) is 11.3 Å². The smallest absolute Gasteiger partial charge is 0.227 e. The summed E-state index contributed by atoms with van der Waals surface area (Å²) in [6, 6.07) is 13.7. The topological polar surface area (TPSA) is 85.5 Å². The fourth-order valence-corrected chi connectivity index (χ4v) is 3.74. The lowest BCUT2D eigenvalue weighted by atomic mass is 10.1. The number of ether oxygens (including phenoxy) is 2. The summed E-state index contributed by atoms with van der Waals surface area (Å²) >= 11 is 0. The molecule has 0 amide bonds. The number of rotatable bonds is 6. The van der Waals surface area contributed by atoms with Crippen molar-refractivity contribution in [1.29, 1.82) is 0 Å². The maximum absolute atomic E-state index is 6.06. The summed E-state index contributed by atoms with van der Waals surface area (Å²) in [4.78, 5) is 15.2. The van der Waals surface area contributed by atoms with Crippen molar-refractivity contribution in [3.63, 3.8) is 0 Å². The van der Waals surface area contributed by atoms with Crippen LogP contribution in [0.2, 0.25) is 0 Å². The Bertz CT molecular complexity index is 1150. The van der Waals surface area contributed by atoms with Crippen molar-refractivity contribution in [2.24, 2.45) is 0 Å². The lowest BCUT2D eigenvalue weighted by Gasteiger charge is -2.32. The highest BCUT2D eigenvalue weighted by Gasteiger charge is 2.24. The Labute approximate surface area is 179 Å². The van der Waals surface area contributed by atoms with E-state index in [-0.39, 0.29) is 6.10 Å². The van der Waals surface area contributed by atoms with Gasteiger partial charge in [-0.2, -0.15) is 0 Å². The summed E-state index contributed by atoms with van der Waals surface area (Å²) in [5.74, 6) is 2.21. The highest BCUT2D eigenvalue weighted by Crippen LogP contribution is 2.30. The van der Waals surface area contributed by atoms with Gasteiger partial charge in [0.2, 0.25) is 5.95 Å². The number of morpholine rings is 1. The second kappa shape index (κ2) is 8.71. The summed E-state index contributed by atoms with van der Waals surface area (Å²) in [5.41, 5.74) is 2.52. The number of hydrogen-bond acceptors (Lipinski definition) is 8. The molecule has 8 nitrogen and oxygen atoms in total. The molecular weight excluding hydrogens is 394 g/mol. The van der Waals surface area contributed by atoms with Gasteiger partial charge in [-0.3, -0.25) is 9.88 Å². The lowest BCUT2D eigenvalue weighted by molar-refractivity contribution is -0.0366. The SMILES string of the molecule is COc1cccc2cc(CN3CCO[C@@H](c4ccc(Nc5ncccn5)cn4)C3)oc12. The van der Waals surface area contributed by atoms with Crippen molar-refractivity contribution in [1.82, 2.24) is 19.9 Å². The Hall–Kier alpha value is -3.49.